The van der Waals surface area contributed by atoms with Gasteiger partial charge in [0.05, 0.1) is 0 Å². The summed E-state index contributed by atoms with van der Waals surface area (Å²) < 4.78 is 0. The van der Waals surface area contributed by atoms with Crippen molar-refractivity contribution in [2.75, 3.05) is 37.7 Å². The smallest absolute Gasteiger partial charge is 0.0210 e. The van der Waals surface area contributed by atoms with Crippen molar-refractivity contribution in [3.05, 3.63) is 0 Å². The van der Waals surface area contributed by atoms with E-state index in [9.17, 15) is 0 Å². The third-order valence-corrected chi connectivity index (χ3v) is 7.57. The maximum atomic E-state index is 2.76. The van der Waals surface area contributed by atoms with E-state index in [4.69, 9.17) is 0 Å². The Morgan fingerprint density at radius 3 is 1.55 bits per heavy atom. The van der Waals surface area contributed by atoms with Crippen LogP contribution < -0.4 is 0 Å². The molecule has 0 aliphatic carbocycles. The van der Waals surface area contributed by atoms with E-state index in [2.05, 4.69) is 61.0 Å². The third-order valence-electron chi connectivity index (χ3n) is 5.05. The first-order valence-electron chi connectivity index (χ1n) is 8.38. The lowest BCUT2D eigenvalue weighted by atomic mass is 10.1. The van der Waals surface area contributed by atoms with E-state index in [0.717, 1.165) is 22.6 Å². The van der Waals surface area contributed by atoms with Crippen LogP contribution in [0.5, 0.6) is 0 Å². The minimum absolute atomic E-state index is 0.797. The van der Waals surface area contributed by atoms with Crippen molar-refractivity contribution in [2.45, 2.75) is 63.1 Å². The van der Waals surface area contributed by atoms with Gasteiger partial charge in [0.15, 0.2) is 0 Å². The first kappa shape index (κ1) is 17.0. The van der Waals surface area contributed by atoms with Crippen LogP contribution in [-0.4, -0.2) is 70.1 Å². The summed E-state index contributed by atoms with van der Waals surface area (Å²) in [5.41, 5.74) is 0. The van der Waals surface area contributed by atoms with Crippen LogP contribution in [0.4, 0.5) is 0 Å². The lowest BCUT2D eigenvalue weighted by molar-refractivity contribution is 0.132. The highest BCUT2D eigenvalue weighted by Crippen LogP contribution is 2.28. The van der Waals surface area contributed by atoms with Gasteiger partial charge in [-0.25, -0.2) is 0 Å². The van der Waals surface area contributed by atoms with Gasteiger partial charge in [-0.3, -0.25) is 9.80 Å². The molecule has 0 aromatic rings. The molecule has 2 fully saturated rings. The minimum atomic E-state index is 0.797. The van der Waals surface area contributed by atoms with Gasteiger partial charge in [0.25, 0.3) is 0 Å². The summed E-state index contributed by atoms with van der Waals surface area (Å²) in [6, 6.07) is 1.59. The van der Waals surface area contributed by atoms with Crippen molar-refractivity contribution in [3.8, 4) is 0 Å². The first-order valence-corrected chi connectivity index (χ1v) is 10.5. The van der Waals surface area contributed by atoms with Crippen LogP contribution in [0.2, 0.25) is 0 Å². The van der Waals surface area contributed by atoms with Crippen molar-refractivity contribution < 1.29 is 0 Å². The summed E-state index contributed by atoms with van der Waals surface area (Å²) in [5.74, 6) is 2.64. The Kier molecular flexibility index (Phi) is 7.05. The second kappa shape index (κ2) is 8.30. The Bertz CT molecular complexity index is 260. The van der Waals surface area contributed by atoms with Gasteiger partial charge in [0.1, 0.15) is 0 Å². The lowest BCUT2D eigenvalue weighted by Gasteiger charge is -2.43. The Morgan fingerprint density at radius 2 is 1.20 bits per heavy atom. The molecule has 20 heavy (non-hydrogen) atoms. The van der Waals surface area contributed by atoms with E-state index in [1.807, 2.05) is 0 Å². The topological polar surface area (TPSA) is 6.48 Å². The molecule has 2 nitrogen and oxygen atoms in total. The molecule has 0 aromatic heterocycles. The molecule has 2 rings (SSSR count). The Balaban J connectivity index is 1.86. The molecule has 0 bridgehead atoms. The maximum absolute atomic E-state index is 2.76. The molecule has 2 aliphatic rings. The molecule has 2 heterocycles. The van der Waals surface area contributed by atoms with E-state index in [1.165, 1.54) is 50.5 Å². The minimum Gasteiger partial charge on any atom is -0.297 e. The van der Waals surface area contributed by atoms with Crippen molar-refractivity contribution in [1.82, 2.24) is 9.80 Å². The maximum Gasteiger partial charge on any atom is 0.0210 e. The molecule has 0 aromatic carbocycles. The van der Waals surface area contributed by atoms with E-state index in [0.29, 0.717) is 0 Å². The van der Waals surface area contributed by atoms with Gasteiger partial charge in [0, 0.05) is 60.3 Å². The zero-order chi connectivity index (χ0) is 14.5. The molecular formula is C16H32N2S2. The van der Waals surface area contributed by atoms with Crippen molar-refractivity contribution in [2.24, 2.45) is 0 Å². The number of nitrogens with zero attached hydrogens (tertiary/aromatic N) is 2. The summed E-state index contributed by atoms with van der Waals surface area (Å²) in [7, 11) is 0. The molecule has 118 valence electrons. The monoisotopic (exact) mass is 316 g/mol. The number of hydrogen-bond donors (Lipinski definition) is 0. The highest BCUT2D eigenvalue weighted by Gasteiger charge is 2.30. The lowest BCUT2D eigenvalue weighted by Crippen LogP contribution is -2.52. The Hall–Kier alpha value is 0.620. The third kappa shape index (κ3) is 4.08. The van der Waals surface area contributed by atoms with Gasteiger partial charge in [-0.15, -0.1) is 0 Å². The zero-order valence-electron chi connectivity index (χ0n) is 13.7. The summed E-state index contributed by atoms with van der Waals surface area (Å²) in [6.07, 6.45) is 2.61. The first-order chi connectivity index (χ1) is 9.67. The van der Waals surface area contributed by atoms with Crippen LogP contribution in [0, 0.1) is 0 Å². The Morgan fingerprint density at radius 1 is 0.800 bits per heavy atom. The average Bonchev–Trinajstić information content (AvgIpc) is 2.45. The van der Waals surface area contributed by atoms with Crippen molar-refractivity contribution >= 4 is 23.5 Å². The Labute approximate surface area is 134 Å². The number of rotatable bonds is 5. The van der Waals surface area contributed by atoms with Gasteiger partial charge in [-0.2, -0.15) is 23.5 Å². The summed E-state index contributed by atoms with van der Waals surface area (Å²) >= 11 is 4.33. The van der Waals surface area contributed by atoms with Crippen molar-refractivity contribution in [1.29, 1.82) is 0 Å². The van der Waals surface area contributed by atoms with E-state index >= 15 is 0 Å². The van der Waals surface area contributed by atoms with Gasteiger partial charge in [-0.1, -0.05) is 27.7 Å². The second-order valence-electron chi connectivity index (χ2n) is 6.17. The summed E-state index contributed by atoms with van der Waals surface area (Å²) in [5, 5.41) is 1.62. The van der Waals surface area contributed by atoms with Crippen LogP contribution >= 0.6 is 23.5 Å². The van der Waals surface area contributed by atoms with Gasteiger partial charge in [0.2, 0.25) is 0 Å². The fourth-order valence-electron chi connectivity index (χ4n) is 3.85. The fourth-order valence-corrected chi connectivity index (χ4v) is 6.45. The predicted octanol–water partition coefficient (Wildman–Crippen LogP) is 3.42. The molecule has 0 saturated carbocycles. The number of hydrogen-bond acceptors (Lipinski definition) is 4. The largest absolute Gasteiger partial charge is 0.297 e. The quantitative estimate of drug-likeness (QED) is 0.766. The van der Waals surface area contributed by atoms with Crippen LogP contribution in [0.25, 0.3) is 0 Å². The normalized spacial score (nSPS) is 37.2. The molecule has 4 unspecified atom stereocenters. The summed E-state index contributed by atoms with van der Waals surface area (Å²) in [4.78, 5) is 5.53. The highest BCUT2D eigenvalue weighted by molar-refractivity contribution is 8.00. The summed E-state index contributed by atoms with van der Waals surface area (Å²) in [6.45, 7) is 14.7. The second-order valence-corrected chi connectivity index (χ2v) is 9.15. The number of thioether (sulfide) groups is 2. The van der Waals surface area contributed by atoms with Crippen LogP contribution in [0.15, 0.2) is 0 Å². The standard InChI is InChI=1S/C16H32N2S2/c1-5-15-13(3)19-11-9-17(15)7-8-18-10-12-20-14(4)16(18)6-2/h13-16H,5-12H2,1-4H3. The molecule has 0 N–H and O–H groups in total. The van der Waals surface area contributed by atoms with Crippen LogP contribution in [0.1, 0.15) is 40.5 Å². The zero-order valence-corrected chi connectivity index (χ0v) is 15.3. The highest BCUT2D eigenvalue weighted by atomic mass is 32.2. The van der Waals surface area contributed by atoms with E-state index in [1.54, 1.807) is 0 Å². The molecule has 4 atom stereocenters. The molecule has 0 spiro atoms. The van der Waals surface area contributed by atoms with Gasteiger partial charge in [-0.05, 0) is 12.8 Å². The van der Waals surface area contributed by atoms with Crippen LogP contribution in [0.3, 0.4) is 0 Å². The molecule has 2 saturated heterocycles. The van der Waals surface area contributed by atoms with Crippen molar-refractivity contribution in [3.63, 3.8) is 0 Å². The van der Waals surface area contributed by atoms with Gasteiger partial charge >= 0.3 is 0 Å². The van der Waals surface area contributed by atoms with Gasteiger partial charge < -0.3 is 0 Å². The molecule has 0 radical (unpaired) electrons. The molecule has 2 aliphatic heterocycles. The molecular weight excluding hydrogens is 284 g/mol. The predicted molar refractivity (Wildman–Crippen MR) is 95.1 cm³/mol. The molecule has 0 amide bonds. The average molecular weight is 317 g/mol. The fraction of sp³-hybridized carbons (Fsp3) is 1.00. The SMILES string of the molecule is CCC1C(C)SCCN1CCN1CCSC(C)C1CC. The van der Waals surface area contributed by atoms with Crippen LogP contribution in [-0.2, 0) is 0 Å². The van der Waals surface area contributed by atoms with E-state index < -0.39 is 0 Å². The molecule has 4 heteroatoms. The van der Waals surface area contributed by atoms with E-state index in [-0.39, 0.29) is 0 Å².